The number of halogens is 1. The smallest absolute Gasteiger partial charge is 0.245 e. The second-order valence-electron chi connectivity index (χ2n) is 10.2. The maximum Gasteiger partial charge on any atom is 0.245 e. The van der Waals surface area contributed by atoms with E-state index >= 15 is 0 Å². The molecule has 0 bridgehead atoms. The second kappa shape index (κ2) is 11.9. The lowest BCUT2D eigenvalue weighted by Gasteiger charge is -2.41. The first-order chi connectivity index (χ1) is 19.2. The Hall–Kier alpha value is -3.26. The van der Waals surface area contributed by atoms with Gasteiger partial charge >= 0.3 is 0 Å². The van der Waals surface area contributed by atoms with Crippen LogP contribution in [0.5, 0.6) is 0 Å². The topological polar surface area (TPSA) is 52.6 Å². The van der Waals surface area contributed by atoms with Crippen LogP contribution in [0.2, 0.25) is 5.02 Å². The third-order valence-corrected chi connectivity index (χ3v) is 8.78. The van der Waals surface area contributed by atoms with Crippen LogP contribution in [-0.4, -0.2) is 63.8 Å². The first kappa shape index (κ1) is 26.0. The molecule has 0 radical (unpaired) electrons. The molecule has 1 amide bonds. The van der Waals surface area contributed by atoms with Crippen molar-refractivity contribution in [2.45, 2.75) is 31.3 Å². The minimum atomic E-state index is -0.160. The summed E-state index contributed by atoms with van der Waals surface area (Å²) in [7, 11) is 0. The number of rotatable bonds is 7. The van der Waals surface area contributed by atoms with Crippen molar-refractivity contribution in [2.24, 2.45) is 0 Å². The van der Waals surface area contributed by atoms with Crippen molar-refractivity contribution in [3.05, 3.63) is 112 Å². The molecule has 2 aliphatic rings. The molecule has 2 saturated heterocycles. The van der Waals surface area contributed by atoms with Crippen molar-refractivity contribution in [2.75, 3.05) is 37.6 Å². The predicted octanol–water partition coefficient (Wildman–Crippen LogP) is 5.68. The Kier molecular flexibility index (Phi) is 7.90. The number of carbonyl (C=O) groups is 1. The van der Waals surface area contributed by atoms with Crippen LogP contribution >= 0.6 is 23.1 Å². The molecule has 6 nitrogen and oxygen atoms in total. The summed E-state index contributed by atoms with van der Waals surface area (Å²) in [6.45, 7) is 4.00. The van der Waals surface area contributed by atoms with Crippen molar-refractivity contribution in [3.8, 4) is 0 Å². The van der Waals surface area contributed by atoms with Crippen molar-refractivity contribution >= 4 is 34.2 Å². The van der Waals surface area contributed by atoms with Gasteiger partial charge < -0.3 is 9.80 Å². The van der Waals surface area contributed by atoms with Crippen molar-refractivity contribution in [1.29, 1.82) is 0 Å². The van der Waals surface area contributed by atoms with Gasteiger partial charge in [-0.3, -0.25) is 9.69 Å². The van der Waals surface area contributed by atoms with E-state index in [1.807, 2.05) is 24.3 Å². The SMILES string of the molecule is O=C(C1CCCN1c1nc(Cc2ccc(Cl)cc2)ns1)N1CCN(C(c2ccccc2)c2ccccc2)CC1. The largest absolute Gasteiger partial charge is 0.338 e. The third kappa shape index (κ3) is 5.86. The number of nitrogens with zero attached hydrogens (tertiary/aromatic N) is 5. The Morgan fingerprint density at radius 1 is 0.872 bits per heavy atom. The molecule has 2 aliphatic heterocycles. The van der Waals surface area contributed by atoms with Crippen LogP contribution in [0.4, 0.5) is 5.13 Å². The van der Waals surface area contributed by atoms with Gasteiger partial charge in [0.2, 0.25) is 11.0 Å². The molecule has 3 aromatic carbocycles. The Bertz CT molecular complexity index is 1330. The molecule has 8 heteroatoms. The van der Waals surface area contributed by atoms with Crippen LogP contribution in [0.1, 0.15) is 41.4 Å². The Balaban J connectivity index is 1.11. The number of benzene rings is 3. The van der Waals surface area contributed by atoms with Gasteiger partial charge in [-0.15, -0.1) is 0 Å². The van der Waals surface area contributed by atoms with Crippen LogP contribution < -0.4 is 4.90 Å². The molecule has 0 spiro atoms. The molecule has 39 heavy (non-hydrogen) atoms. The quantitative estimate of drug-likeness (QED) is 0.292. The van der Waals surface area contributed by atoms with Gasteiger partial charge in [-0.1, -0.05) is 84.4 Å². The standard InChI is InChI=1S/C31H32ClN5OS/c32-26-15-13-23(14-16-26)22-28-33-31(39-34-28)37-17-7-12-27(37)30(38)36-20-18-35(19-21-36)29(24-8-3-1-4-9-24)25-10-5-2-6-11-25/h1-6,8-11,13-16,27,29H,7,12,17-22H2. The number of piperazine rings is 1. The lowest BCUT2D eigenvalue weighted by molar-refractivity contribution is -0.134. The van der Waals surface area contributed by atoms with Gasteiger partial charge in [-0.05, 0) is 41.7 Å². The number of hydrogen-bond donors (Lipinski definition) is 0. The van der Waals surface area contributed by atoms with Crippen LogP contribution in [0.3, 0.4) is 0 Å². The summed E-state index contributed by atoms with van der Waals surface area (Å²) in [6, 6.07) is 29.2. The lowest BCUT2D eigenvalue weighted by Crippen LogP contribution is -2.54. The molecule has 1 atom stereocenters. The number of anilines is 1. The first-order valence-electron chi connectivity index (χ1n) is 13.6. The van der Waals surface area contributed by atoms with E-state index < -0.39 is 0 Å². The molecule has 0 aliphatic carbocycles. The summed E-state index contributed by atoms with van der Waals surface area (Å²) in [4.78, 5) is 25.3. The van der Waals surface area contributed by atoms with E-state index in [0.717, 1.165) is 67.1 Å². The number of hydrogen-bond acceptors (Lipinski definition) is 6. The molecular weight excluding hydrogens is 526 g/mol. The van der Waals surface area contributed by atoms with Crippen molar-refractivity contribution in [3.63, 3.8) is 0 Å². The van der Waals surface area contributed by atoms with E-state index in [1.54, 1.807) is 0 Å². The molecule has 2 fully saturated rings. The monoisotopic (exact) mass is 557 g/mol. The fraction of sp³-hybridized carbons (Fsp3) is 0.323. The number of carbonyl (C=O) groups excluding carboxylic acids is 1. The van der Waals surface area contributed by atoms with Gasteiger partial charge in [-0.2, -0.15) is 4.37 Å². The first-order valence-corrected chi connectivity index (χ1v) is 14.8. The Morgan fingerprint density at radius 3 is 2.15 bits per heavy atom. The molecule has 0 N–H and O–H groups in total. The van der Waals surface area contributed by atoms with Crippen LogP contribution in [0, 0.1) is 0 Å². The van der Waals surface area contributed by atoms with E-state index in [4.69, 9.17) is 16.6 Å². The van der Waals surface area contributed by atoms with E-state index in [-0.39, 0.29) is 18.0 Å². The molecule has 3 heterocycles. The maximum atomic E-state index is 13.7. The Morgan fingerprint density at radius 2 is 1.51 bits per heavy atom. The van der Waals surface area contributed by atoms with E-state index in [2.05, 4.69) is 79.7 Å². The highest BCUT2D eigenvalue weighted by molar-refractivity contribution is 7.09. The minimum absolute atomic E-state index is 0.160. The summed E-state index contributed by atoms with van der Waals surface area (Å²) >= 11 is 7.42. The van der Waals surface area contributed by atoms with E-state index in [0.29, 0.717) is 6.42 Å². The third-order valence-electron chi connectivity index (χ3n) is 7.74. The average molecular weight is 558 g/mol. The molecular formula is C31H32ClN5OS. The fourth-order valence-corrected chi connectivity index (χ4v) is 6.65. The zero-order valence-corrected chi connectivity index (χ0v) is 23.4. The summed E-state index contributed by atoms with van der Waals surface area (Å²) in [6.07, 6.45) is 2.51. The zero-order valence-electron chi connectivity index (χ0n) is 21.8. The maximum absolute atomic E-state index is 13.7. The van der Waals surface area contributed by atoms with Crippen LogP contribution in [0.15, 0.2) is 84.9 Å². The van der Waals surface area contributed by atoms with Crippen molar-refractivity contribution < 1.29 is 4.79 Å². The minimum Gasteiger partial charge on any atom is -0.338 e. The van der Waals surface area contributed by atoms with Gasteiger partial charge in [0.05, 0.1) is 6.04 Å². The summed E-state index contributed by atoms with van der Waals surface area (Å²) in [5, 5.41) is 1.57. The second-order valence-corrected chi connectivity index (χ2v) is 11.4. The molecule has 1 aromatic heterocycles. The van der Waals surface area contributed by atoms with E-state index in [1.165, 1.54) is 22.7 Å². The van der Waals surface area contributed by atoms with Gasteiger partial charge in [0.15, 0.2) is 0 Å². The predicted molar refractivity (Wildman–Crippen MR) is 157 cm³/mol. The molecule has 0 saturated carbocycles. The molecule has 200 valence electrons. The van der Waals surface area contributed by atoms with Gasteiger partial charge in [0, 0.05) is 55.7 Å². The highest BCUT2D eigenvalue weighted by Gasteiger charge is 2.37. The van der Waals surface area contributed by atoms with Crippen LogP contribution in [0.25, 0.3) is 0 Å². The molecule has 4 aromatic rings. The number of aromatic nitrogens is 2. The molecule has 6 rings (SSSR count). The normalized spacial score (nSPS) is 18.2. The summed E-state index contributed by atoms with van der Waals surface area (Å²) < 4.78 is 4.60. The lowest BCUT2D eigenvalue weighted by atomic mass is 9.96. The summed E-state index contributed by atoms with van der Waals surface area (Å²) in [5.74, 6) is 1.01. The fourth-order valence-electron chi connectivity index (χ4n) is 5.77. The number of amides is 1. The highest BCUT2D eigenvalue weighted by Crippen LogP contribution is 2.32. The van der Waals surface area contributed by atoms with Crippen LogP contribution in [-0.2, 0) is 11.2 Å². The van der Waals surface area contributed by atoms with Gasteiger partial charge in [0.1, 0.15) is 11.9 Å². The van der Waals surface area contributed by atoms with E-state index in [9.17, 15) is 4.79 Å². The molecule has 1 unspecified atom stereocenters. The zero-order chi connectivity index (χ0) is 26.6. The Labute approximate surface area is 239 Å². The van der Waals surface area contributed by atoms with Crippen molar-refractivity contribution in [1.82, 2.24) is 19.2 Å². The van der Waals surface area contributed by atoms with Gasteiger partial charge in [0.25, 0.3) is 0 Å². The van der Waals surface area contributed by atoms with Gasteiger partial charge in [-0.25, -0.2) is 4.98 Å². The highest BCUT2D eigenvalue weighted by atomic mass is 35.5. The average Bonchev–Trinajstić information content (AvgIpc) is 3.66. The summed E-state index contributed by atoms with van der Waals surface area (Å²) in [5.41, 5.74) is 3.70.